The number of halogens is 1. The summed E-state index contributed by atoms with van der Waals surface area (Å²) in [5.41, 5.74) is 3.10. The van der Waals surface area contributed by atoms with Gasteiger partial charge in [0.15, 0.2) is 0 Å². The van der Waals surface area contributed by atoms with Crippen LogP contribution in [0.4, 0.5) is 5.95 Å². The van der Waals surface area contributed by atoms with Crippen LogP contribution in [0, 0.1) is 6.92 Å². The molecule has 3 aromatic rings. The number of aryl methyl sites for hydroxylation is 1. The SMILES string of the molecule is Cc1nc(-c2cccc(Br)c2)ccc1C(=O)NCCNc1ncccn1. The highest BCUT2D eigenvalue weighted by Gasteiger charge is 2.11. The number of anilines is 1. The Morgan fingerprint density at radius 3 is 2.62 bits per heavy atom. The molecule has 7 heteroatoms. The highest BCUT2D eigenvalue weighted by molar-refractivity contribution is 9.10. The molecule has 0 saturated carbocycles. The van der Waals surface area contributed by atoms with Gasteiger partial charge in [0.1, 0.15) is 0 Å². The number of benzene rings is 1. The second-order valence-corrected chi connectivity index (χ2v) is 6.51. The highest BCUT2D eigenvalue weighted by atomic mass is 79.9. The lowest BCUT2D eigenvalue weighted by Crippen LogP contribution is -2.29. The second-order valence-electron chi connectivity index (χ2n) is 5.59. The van der Waals surface area contributed by atoms with E-state index in [1.54, 1.807) is 18.5 Å². The van der Waals surface area contributed by atoms with Crippen molar-refractivity contribution in [3.63, 3.8) is 0 Å². The first-order valence-corrected chi connectivity index (χ1v) is 8.95. The van der Waals surface area contributed by atoms with Crippen LogP contribution in [-0.4, -0.2) is 33.9 Å². The largest absolute Gasteiger partial charge is 0.352 e. The van der Waals surface area contributed by atoms with Gasteiger partial charge in [-0.15, -0.1) is 0 Å². The molecule has 26 heavy (non-hydrogen) atoms. The van der Waals surface area contributed by atoms with Gasteiger partial charge in [-0.1, -0.05) is 28.1 Å². The molecule has 0 radical (unpaired) electrons. The first-order valence-electron chi connectivity index (χ1n) is 8.16. The molecular weight excluding hydrogens is 394 g/mol. The lowest BCUT2D eigenvalue weighted by atomic mass is 10.1. The Bertz CT molecular complexity index is 901. The van der Waals surface area contributed by atoms with E-state index in [4.69, 9.17) is 0 Å². The molecule has 0 aliphatic rings. The van der Waals surface area contributed by atoms with Crippen molar-refractivity contribution < 1.29 is 4.79 Å². The maximum absolute atomic E-state index is 12.4. The minimum absolute atomic E-state index is 0.147. The van der Waals surface area contributed by atoms with Crippen molar-refractivity contribution in [2.45, 2.75) is 6.92 Å². The Balaban J connectivity index is 1.59. The molecule has 0 spiro atoms. The van der Waals surface area contributed by atoms with Gasteiger partial charge in [0.05, 0.1) is 17.0 Å². The van der Waals surface area contributed by atoms with Crippen molar-refractivity contribution >= 4 is 27.8 Å². The van der Waals surface area contributed by atoms with Crippen molar-refractivity contribution in [1.29, 1.82) is 0 Å². The van der Waals surface area contributed by atoms with E-state index in [1.807, 2.05) is 43.3 Å². The van der Waals surface area contributed by atoms with Gasteiger partial charge in [0, 0.05) is 35.5 Å². The van der Waals surface area contributed by atoms with Gasteiger partial charge < -0.3 is 10.6 Å². The summed E-state index contributed by atoms with van der Waals surface area (Å²) in [5, 5.41) is 5.92. The normalized spacial score (nSPS) is 10.4. The summed E-state index contributed by atoms with van der Waals surface area (Å²) in [6, 6.07) is 13.3. The van der Waals surface area contributed by atoms with Crippen LogP contribution in [0.2, 0.25) is 0 Å². The highest BCUT2D eigenvalue weighted by Crippen LogP contribution is 2.22. The quantitative estimate of drug-likeness (QED) is 0.607. The van der Waals surface area contributed by atoms with Crippen LogP contribution in [0.25, 0.3) is 11.3 Å². The first kappa shape index (κ1) is 18.0. The molecular formula is C19H18BrN5O. The summed E-state index contributed by atoms with van der Waals surface area (Å²) in [7, 11) is 0. The van der Waals surface area contributed by atoms with E-state index in [-0.39, 0.29) is 5.91 Å². The predicted octanol–water partition coefficient (Wildman–Crippen LogP) is 3.45. The van der Waals surface area contributed by atoms with Gasteiger partial charge >= 0.3 is 0 Å². The van der Waals surface area contributed by atoms with Gasteiger partial charge in [0.2, 0.25) is 5.95 Å². The molecule has 0 unspecified atom stereocenters. The fourth-order valence-electron chi connectivity index (χ4n) is 2.45. The fourth-order valence-corrected chi connectivity index (χ4v) is 2.84. The van der Waals surface area contributed by atoms with Crippen LogP contribution < -0.4 is 10.6 Å². The molecule has 0 aliphatic carbocycles. The monoisotopic (exact) mass is 411 g/mol. The van der Waals surface area contributed by atoms with Crippen LogP contribution in [-0.2, 0) is 0 Å². The third-order valence-electron chi connectivity index (χ3n) is 3.71. The number of hydrogen-bond acceptors (Lipinski definition) is 5. The van der Waals surface area contributed by atoms with Crippen molar-refractivity contribution in [2.24, 2.45) is 0 Å². The standard InChI is InChI=1S/C19H18BrN5O/c1-13-16(6-7-17(25-13)14-4-2-5-15(20)12-14)18(26)21-10-11-24-19-22-8-3-9-23-19/h2-9,12H,10-11H2,1H3,(H,21,26)(H,22,23,24). The van der Waals surface area contributed by atoms with Crippen LogP contribution >= 0.6 is 15.9 Å². The topological polar surface area (TPSA) is 79.8 Å². The average molecular weight is 412 g/mol. The molecule has 132 valence electrons. The van der Waals surface area contributed by atoms with Crippen LogP contribution in [0.1, 0.15) is 16.1 Å². The second kappa shape index (κ2) is 8.53. The lowest BCUT2D eigenvalue weighted by molar-refractivity contribution is 0.0954. The molecule has 1 aromatic carbocycles. The van der Waals surface area contributed by atoms with Crippen molar-refractivity contribution in [2.75, 3.05) is 18.4 Å². The zero-order valence-electron chi connectivity index (χ0n) is 14.2. The Labute approximate surface area is 160 Å². The zero-order chi connectivity index (χ0) is 18.4. The van der Waals surface area contributed by atoms with E-state index < -0.39 is 0 Å². The van der Waals surface area contributed by atoms with E-state index >= 15 is 0 Å². The third kappa shape index (κ3) is 4.64. The summed E-state index contributed by atoms with van der Waals surface area (Å²) in [6.07, 6.45) is 3.32. The van der Waals surface area contributed by atoms with Crippen molar-refractivity contribution in [1.82, 2.24) is 20.3 Å². The molecule has 0 aliphatic heterocycles. The molecule has 1 amide bonds. The Hall–Kier alpha value is -2.80. The lowest BCUT2D eigenvalue weighted by Gasteiger charge is -2.10. The molecule has 0 bridgehead atoms. The summed E-state index contributed by atoms with van der Waals surface area (Å²) >= 11 is 3.46. The summed E-state index contributed by atoms with van der Waals surface area (Å²) in [4.78, 5) is 25.1. The fraction of sp³-hybridized carbons (Fsp3) is 0.158. The molecule has 2 aromatic heterocycles. The zero-order valence-corrected chi connectivity index (χ0v) is 15.8. The number of hydrogen-bond donors (Lipinski definition) is 2. The van der Waals surface area contributed by atoms with Gasteiger partial charge in [-0.05, 0) is 37.3 Å². The van der Waals surface area contributed by atoms with E-state index in [0.29, 0.717) is 30.3 Å². The van der Waals surface area contributed by atoms with Gasteiger partial charge in [-0.2, -0.15) is 0 Å². The summed E-state index contributed by atoms with van der Waals surface area (Å²) in [6.45, 7) is 2.84. The summed E-state index contributed by atoms with van der Waals surface area (Å²) < 4.78 is 0.992. The van der Waals surface area contributed by atoms with E-state index in [9.17, 15) is 4.79 Å². The smallest absolute Gasteiger partial charge is 0.253 e. The Morgan fingerprint density at radius 2 is 1.88 bits per heavy atom. The number of carbonyl (C=O) groups excluding carboxylic acids is 1. The van der Waals surface area contributed by atoms with Crippen LogP contribution in [0.5, 0.6) is 0 Å². The Kier molecular flexibility index (Phi) is 5.91. The summed E-state index contributed by atoms with van der Waals surface area (Å²) in [5.74, 6) is 0.393. The molecule has 2 heterocycles. The molecule has 2 N–H and O–H groups in total. The van der Waals surface area contributed by atoms with Gasteiger partial charge in [-0.25, -0.2) is 9.97 Å². The minimum Gasteiger partial charge on any atom is -0.352 e. The predicted molar refractivity (Wildman–Crippen MR) is 105 cm³/mol. The number of carbonyl (C=O) groups is 1. The van der Waals surface area contributed by atoms with E-state index in [0.717, 1.165) is 15.7 Å². The maximum atomic E-state index is 12.4. The Morgan fingerprint density at radius 1 is 1.08 bits per heavy atom. The van der Waals surface area contributed by atoms with Crippen molar-refractivity contribution in [3.05, 3.63) is 70.6 Å². The maximum Gasteiger partial charge on any atom is 0.253 e. The molecule has 0 fully saturated rings. The number of aromatic nitrogens is 3. The number of pyridine rings is 1. The number of nitrogens with zero attached hydrogens (tertiary/aromatic N) is 3. The number of nitrogens with one attached hydrogen (secondary N) is 2. The van der Waals surface area contributed by atoms with Crippen LogP contribution in [0.15, 0.2) is 59.3 Å². The third-order valence-corrected chi connectivity index (χ3v) is 4.20. The number of rotatable bonds is 6. The number of amides is 1. The molecule has 3 rings (SSSR count). The van der Waals surface area contributed by atoms with Gasteiger partial charge in [0.25, 0.3) is 5.91 Å². The van der Waals surface area contributed by atoms with Crippen LogP contribution in [0.3, 0.4) is 0 Å². The van der Waals surface area contributed by atoms with E-state index in [2.05, 4.69) is 41.5 Å². The average Bonchev–Trinajstić information content (AvgIpc) is 2.66. The molecule has 0 saturated heterocycles. The first-order chi connectivity index (χ1) is 12.6. The van der Waals surface area contributed by atoms with E-state index in [1.165, 1.54) is 0 Å². The minimum atomic E-state index is -0.147. The molecule has 0 atom stereocenters. The van der Waals surface area contributed by atoms with Gasteiger partial charge in [-0.3, -0.25) is 9.78 Å². The van der Waals surface area contributed by atoms with Crippen molar-refractivity contribution in [3.8, 4) is 11.3 Å². The molecule has 6 nitrogen and oxygen atoms in total.